The van der Waals surface area contributed by atoms with E-state index < -0.39 is 17.7 Å². The maximum absolute atomic E-state index is 13.5. The number of halogens is 1. The summed E-state index contributed by atoms with van der Waals surface area (Å²) in [4.78, 5) is 35.4. The number of hydrogen-bond acceptors (Lipinski definition) is 7. The number of carbonyl (C=O) groups excluding carboxylic acids is 2. The molecule has 0 spiro atoms. The number of amides is 2. The lowest BCUT2D eigenvalue weighted by atomic mass is 9.86. The minimum absolute atomic E-state index is 0.0256. The molecule has 0 radical (unpaired) electrons. The van der Waals surface area contributed by atoms with Crippen LogP contribution in [0.1, 0.15) is 65.9 Å². The smallest absolute Gasteiger partial charge is 0.410 e. The first kappa shape index (κ1) is 29.7. The summed E-state index contributed by atoms with van der Waals surface area (Å²) in [5.41, 5.74) is 0.588. The van der Waals surface area contributed by atoms with Crippen LogP contribution in [0.15, 0.2) is 30.5 Å². The van der Waals surface area contributed by atoms with Crippen LogP contribution in [0.25, 0.3) is 0 Å². The molecule has 3 N–H and O–H groups in total. The van der Waals surface area contributed by atoms with Crippen molar-refractivity contribution >= 4 is 29.5 Å². The predicted octanol–water partition coefficient (Wildman–Crippen LogP) is 5.07. The molecule has 1 aromatic carbocycles. The largest absolute Gasteiger partial charge is 0.444 e. The highest BCUT2D eigenvalue weighted by atomic mass is 19.1. The van der Waals surface area contributed by atoms with E-state index in [1.165, 1.54) is 17.0 Å². The van der Waals surface area contributed by atoms with Crippen LogP contribution < -0.4 is 16.0 Å². The fourth-order valence-corrected chi connectivity index (χ4v) is 4.15. The molecule has 0 bridgehead atoms. The standard InChI is InChI=1S/C29H39FN6O3/c1-7-31-25-21(18-32-27(35-25)34-24-13-9-11-22(30)17-24)15-14-20-10-8-12-23(16-20)33-26(37)19(2)36(6)28(38)39-29(3,4)5/h9,11,13,17-20,23H,7-8,10,12,16H2,1-6H3,(H,33,37)(H2,31,32,34,35)/t19-,20-,23-/m0/s1. The number of anilines is 3. The zero-order valence-corrected chi connectivity index (χ0v) is 23.6. The van der Waals surface area contributed by atoms with Crippen LogP contribution in [0, 0.1) is 23.6 Å². The summed E-state index contributed by atoms with van der Waals surface area (Å²) >= 11 is 0. The second kappa shape index (κ2) is 13.3. The molecule has 1 aliphatic carbocycles. The van der Waals surface area contributed by atoms with Crippen LogP contribution in [0.5, 0.6) is 0 Å². The van der Waals surface area contributed by atoms with E-state index in [1.54, 1.807) is 53.1 Å². The van der Waals surface area contributed by atoms with E-state index >= 15 is 0 Å². The van der Waals surface area contributed by atoms with Crippen molar-refractivity contribution in [2.24, 2.45) is 5.92 Å². The number of ether oxygens (including phenoxy) is 1. The van der Waals surface area contributed by atoms with Gasteiger partial charge in [0.2, 0.25) is 11.9 Å². The highest BCUT2D eigenvalue weighted by Crippen LogP contribution is 2.25. The first-order valence-corrected chi connectivity index (χ1v) is 13.4. The van der Waals surface area contributed by atoms with Gasteiger partial charge in [-0.3, -0.25) is 9.69 Å². The van der Waals surface area contributed by atoms with Gasteiger partial charge in [-0.05, 0) is 72.1 Å². The number of rotatable bonds is 7. The van der Waals surface area contributed by atoms with E-state index in [1.807, 2.05) is 6.92 Å². The number of benzene rings is 1. The van der Waals surface area contributed by atoms with E-state index in [9.17, 15) is 14.0 Å². The van der Waals surface area contributed by atoms with Crippen LogP contribution in [-0.2, 0) is 9.53 Å². The first-order valence-electron chi connectivity index (χ1n) is 13.4. The molecule has 0 aliphatic heterocycles. The van der Waals surface area contributed by atoms with Gasteiger partial charge in [0.05, 0.1) is 11.8 Å². The van der Waals surface area contributed by atoms with E-state index in [0.29, 0.717) is 29.6 Å². The van der Waals surface area contributed by atoms with Gasteiger partial charge in [0.15, 0.2) is 0 Å². The zero-order chi connectivity index (χ0) is 28.6. The van der Waals surface area contributed by atoms with Gasteiger partial charge in [0, 0.05) is 31.2 Å². The topological polar surface area (TPSA) is 108 Å². The van der Waals surface area contributed by atoms with Gasteiger partial charge in [-0.15, -0.1) is 0 Å². The van der Waals surface area contributed by atoms with Crippen molar-refractivity contribution in [1.29, 1.82) is 0 Å². The summed E-state index contributed by atoms with van der Waals surface area (Å²) < 4.78 is 18.9. The van der Waals surface area contributed by atoms with E-state index in [2.05, 4.69) is 37.8 Å². The van der Waals surface area contributed by atoms with E-state index in [0.717, 1.165) is 25.7 Å². The molecule has 39 heavy (non-hydrogen) atoms. The fraction of sp³-hybridized carbons (Fsp3) is 0.517. The Morgan fingerprint density at radius 3 is 2.74 bits per heavy atom. The Balaban J connectivity index is 1.63. The lowest BCUT2D eigenvalue weighted by molar-refractivity contribution is -0.126. The molecule has 1 saturated carbocycles. The summed E-state index contributed by atoms with van der Waals surface area (Å²) in [7, 11) is 1.57. The third-order valence-electron chi connectivity index (χ3n) is 6.29. The molecule has 0 saturated heterocycles. The minimum Gasteiger partial charge on any atom is -0.444 e. The predicted molar refractivity (Wildman–Crippen MR) is 150 cm³/mol. The molecule has 3 atom stereocenters. The lowest BCUT2D eigenvalue weighted by Gasteiger charge is -2.31. The first-order chi connectivity index (χ1) is 18.4. The molecule has 2 aromatic rings. The van der Waals surface area contributed by atoms with Crippen molar-refractivity contribution in [3.05, 3.63) is 41.8 Å². The van der Waals surface area contributed by atoms with Gasteiger partial charge in [-0.1, -0.05) is 24.3 Å². The van der Waals surface area contributed by atoms with Crippen molar-refractivity contribution in [2.45, 2.75) is 78.0 Å². The second-order valence-corrected chi connectivity index (χ2v) is 10.7. The Bertz CT molecular complexity index is 1220. The normalized spacial score (nSPS) is 17.7. The van der Waals surface area contributed by atoms with Crippen LogP contribution in [0.3, 0.4) is 0 Å². The average Bonchev–Trinajstić information content (AvgIpc) is 2.87. The van der Waals surface area contributed by atoms with Gasteiger partial charge >= 0.3 is 6.09 Å². The van der Waals surface area contributed by atoms with Gasteiger partial charge in [-0.2, -0.15) is 4.98 Å². The van der Waals surface area contributed by atoms with E-state index in [-0.39, 0.29) is 23.7 Å². The summed E-state index contributed by atoms with van der Waals surface area (Å²) in [6.07, 6.45) is 4.57. The van der Waals surface area contributed by atoms with E-state index in [4.69, 9.17) is 4.74 Å². The molecule has 2 amide bonds. The zero-order valence-electron chi connectivity index (χ0n) is 23.6. The molecule has 1 fully saturated rings. The van der Waals surface area contributed by atoms with Crippen molar-refractivity contribution in [3.8, 4) is 11.8 Å². The number of likely N-dealkylation sites (N-methyl/N-ethyl adjacent to an activating group) is 1. The van der Waals surface area contributed by atoms with Crippen molar-refractivity contribution in [2.75, 3.05) is 24.2 Å². The Labute approximate surface area is 230 Å². The Morgan fingerprint density at radius 2 is 2.05 bits per heavy atom. The van der Waals surface area contributed by atoms with Crippen molar-refractivity contribution in [1.82, 2.24) is 20.2 Å². The summed E-state index contributed by atoms with van der Waals surface area (Å²) in [5.74, 6) is 7.02. The molecule has 10 heteroatoms. The van der Waals surface area contributed by atoms with Gasteiger partial charge in [0.25, 0.3) is 0 Å². The SMILES string of the molecule is CCNc1nc(Nc2cccc(F)c2)ncc1C#C[C@@H]1CCC[C@H](NC(=O)[C@H](C)N(C)C(=O)OC(C)(C)C)C1. The Kier molecular flexibility index (Phi) is 10.1. The van der Waals surface area contributed by atoms with Crippen LogP contribution in [0.2, 0.25) is 0 Å². The minimum atomic E-state index is -0.661. The molecule has 1 aromatic heterocycles. The fourth-order valence-electron chi connectivity index (χ4n) is 4.15. The maximum atomic E-state index is 13.5. The molecule has 1 aliphatic rings. The molecule has 210 valence electrons. The highest BCUT2D eigenvalue weighted by Gasteiger charge is 2.29. The van der Waals surface area contributed by atoms with Crippen LogP contribution >= 0.6 is 0 Å². The number of nitrogens with one attached hydrogen (secondary N) is 3. The Hall–Kier alpha value is -3.87. The monoisotopic (exact) mass is 538 g/mol. The third kappa shape index (κ3) is 9.13. The number of carbonyl (C=O) groups is 2. The summed E-state index contributed by atoms with van der Waals surface area (Å²) in [6.45, 7) is 9.68. The third-order valence-corrected chi connectivity index (χ3v) is 6.29. The number of nitrogens with zero attached hydrogens (tertiary/aromatic N) is 3. The molecule has 0 unspecified atom stereocenters. The second-order valence-electron chi connectivity index (χ2n) is 10.7. The lowest BCUT2D eigenvalue weighted by Crippen LogP contribution is -2.50. The summed E-state index contributed by atoms with van der Waals surface area (Å²) in [6, 6.07) is 5.41. The van der Waals surface area contributed by atoms with Gasteiger partial charge in [0.1, 0.15) is 23.3 Å². The molecule has 1 heterocycles. The summed E-state index contributed by atoms with van der Waals surface area (Å²) in [5, 5.41) is 9.31. The van der Waals surface area contributed by atoms with Gasteiger partial charge in [-0.25, -0.2) is 14.2 Å². The van der Waals surface area contributed by atoms with Gasteiger partial charge < -0.3 is 20.7 Å². The van der Waals surface area contributed by atoms with Crippen LogP contribution in [-0.4, -0.2) is 58.1 Å². The van der Waals surface area contributed by atoms with Crippen molar-refractivity contribution in [3.63, 3.8) is 0 Å². The molecule has 9 nitrogen and oxygen atoms in total. The highest BCUT2D eigenvalue weighted by molar-refractivity contribution is 5.85. The quantitative estimate of drug-likeness (QED) is 0.422. The van der Waals surface area contributed by atoms with Crippen LogP contribution in [0.4, 0.5) is 26.6 Å². The molecular formula is C29H39FN6O3. The Morgan fingerprint density at radius 1 is 1.28 bits per heavy atom. The van der Waals surface area contributed by atoms with Crippen molar-refractivity contribution < 1.29 is 18.7 Å². The number of aromatic nitrogens is 2. The maximum Gasteiger partial charge on any atom is 0.410 e. The average molecular weight is 539 g/mol. The molecule has 3 rings (SSSR count). The number of hydrogen-bond donors (Lipinski definition) is 3. The molecular weight excluding hydrogens is 499 g/mol.